The Kier molecular flexibility index (Phi) is 4.83. The Morgan fingerprint density at radius 1 is 1.12 bits per heavy atom. The number of aromatic nitrogens is 2. The molecule has 0 atom stereocenters. The third-order valence-corrected chi connectivity index (χ3v) is 4.17. The lowest BCUT2D eigenvalue weighted by Gasteiger charge is -2.08. The molecule has 0 saturated carbocycles. The lowest BCUT2D eigenvalue weighted by molar-refractivity contribution is -0.115. The van der Waals surface area contributed by atoms with Gasteiger partial charge in [-0.2, -0.15) is 4.98 Å². The number of carbonyl (C=O) groups is 1. The molecule has 0 bridgehead atoms. The average Bonchev–Trinajstić information content (AvgIpc) is 3.00. The summed E-state index contributed by atoms with van der Waals surface area (Å²) >= 11 is 12.1. The van der Waals surface area contributed by atoms with Crippen LogP contribution in [0.5, 0.6) is 0 Å². The second-order valence-electron chi connectivity index (χ2n) is 5.13. The molecule has 1 N–H and O–H groups in total. The number of nitrogens with zero attached hydrogens (tertiary/aromatic N) is 2. The van der Waals surface area contributed by atoms with E-state index in [0.29, 0.717) is 21.3 Å². The summed E-state index contributed by atoms with van der Waals surface area (Å²) in [6.45, 7) is 1.84. The minimum Gasteiger partial charge on any atom is -0.334 e. The van der Waals surface area contributed by atoms with E-state index < -0.39 is 0 Å². The molecule has 2 aromatic carbocycles. The van der Waals surface area contributed by atoms with Crippen LogP contribution < -0.4 is 5.32 Å². The van der Waals surface area contributed by atoms with E-state index in [1.165, 1.54) is 0 Å². The predicted octanol–water partition coefficient (Wildman–Crippen LogP) is 4.53. The average molecular weight is 362 g/mol. The lowest BCUT2D eigenvalue weighted by atomic mass is 10.2. The molecule has 122 valence electrons. The Balaban J connectivity index is 1.72. The lowest BCUT2D eigenvalue weighted by Crippen LogP contribution is -2.16. The highest BCUT2D eigenvalue weighted by Crippen LogP contribution is 2.26. The first kappa shape index (κ1) is 16.5. The first-order chi connectivity index (χ1) is 11.5. The molecular formula is C17H13Cl2N3O2. The number of benzene rings is 2. The first-order valence-corrected chi connectivity index (χ1v) is 7.92. The van der Waals surface area contributed by atoms with Crippen molar-refractivity contribution in [3.63, 3.8) is 0 Å². The molecule has 0 saturated heterocycles. The first-order valence-electron chi connectivity index (χ1n) is 7.17. The van der Waals surface area contributed by atoms with Crippen molar-refractivity contribution >= 4 is 34.8 Å². The second kappa shape index (κ2) is 7.03. The fourth-order valence-corrected chi connectivity index (χ4v) is 2.54. The van der Waals surface area contributed by atoms with Gasteiger partial charge in [-0.3, -0.25) is 4.79 Å². The van der Waals surface area contributed by atoms with Gasteiger partial charge in [-0.1, -0.05) is 46.6 Å². The number of nitrogens with one attached hydrogen (secondary N) is 1. The number of hydrogen-bond acceptors (Lipinski definition) is 4. The maximum Gasteiger partial charge on any atom is 0.259 e. The molecule has 7 heteroatoms. The van der Waals surface area contributed by atoms with Crippen molar-refractivity contribution < 1.29 is 9.32 Å². The molecule has 24 heavy (non-hydrogen) atoms. The molecule has 0 radical (unpaired) electrons. The molecule has 0 aliphatic heterocycles. The smallest absolute Gasteiger partial charge is 0.259 e. The molecular weight excluding hydrogens is 349 g/mol. The normalized spacial score (nSPS) is 10.6. The van der Waals surface area contributed by atoms with E-state index in [9.17, 15) is 4.79 Å². The minimum atomic E-state index is -0.258. The van der Waals surface area contributed by atoms with Crippen LogP contribution in [0.3, 0.4) is 0 Å². The standard InChI is InChI=1S/C17H13Cl2N3O2/c1-10-12(18)7-4-8-14(10)20-16(23)9-15-21-17(24-22-15)11-5-2-3-6-13(11)19/h2-8H,9H2,1H3,(H,20,23). The van der Waals surface area contributed by atoms with E-state index in [4.69, 9.17) is 27.7 Å². The summed E-state index contributed by atoms with van der Waals surface area (Å²) in [5.41, 5.74) is 2.09. The fourth-order valence-electron chi connectivity index (χ4n) is 2.15. The fraction of sp³-hybridized carbons (Fsp3) is 0.118. The third kappa shape index (κ3) is 3.58. The minimum absolute atomic E-state index is 0.0140. The maximum atomic E-state index is 12.2. The molecule has 0 spiro atoms. The molecule has 1 heterocycles. The predicted molar refractivity (Wildman–Crippen MR) is 93.3 cm³/mol. The van der Waals surface area contributed by atoms with Crippen molar-refractivity contribution in [3.8, 4) is 11.5 Å². The van der Waals surface area contributed by atoms with Crippen LogP contribution in [0, 0.1) is 6.92 Å². The number of carbonyl (C=O) groups excluding carboxylic acids is 1. The number of hydrogen-bond donors (Lipinski definition) is 1. The van der Waals surface area contributed by atoms with Gasteiger partial charge in [0.1, 0.15) is 0 Å². The zero-order chi connectivity index (χ0) is 17.1. The SMILES string of the molecule is Cc1c(Cl)cccc1NC(=O)Cc1noc(-c2ccccc2Cl)n1. The van der Waals surface area contributed by atoms with E-state index >= 15 is 0 Å². The Labute approximate surface area is 148 Å². The monoisotopic (exact) mass is 361 g/mol. The zero-order valence-corrected chi connectivity index (χ0v) is 14.2. The topological polar surface area (TPSA) is 68.0 Å². The van der Waals surface area contributed by atoms with Crippen LogP contribution >= 0.6 is 23.2 Å². The maximum absolute atomic E-state index is 12.2. The largest absolute Gasteiger partial charge is 0.334 e. The van der Waals surface area contributed by atoms with E-state index in [0.717, 1.165) is 5.56 Å². The van der Waals surface area contributed by atoms with Crippen LogP contribution in [0.25, 0.3) is 11.5 Å². The summed E-state index contributed by atoms with van der Waals surface area (Å²) < 4.78 is 5.18. The number of rotatable bonds is 4. The van der Waals surface area contributed by atoms with Crippen molar-refractivity contribution in [3.05, 3.63) is 63.9 Å². The summed E-state index contributed by atoms with van der Waals surface area (Å²) in [7, 11) is 0. The molecule has 0 aliphatic carbocycles. The molecule has 0 unspecified atom stereocenters. The highest BCUT2D eigenvalue weighted by molar-refractivity contribution is 6.33. The Bertz CT molecular complexity index is 893. The van der Waals surface area contributed by atoms with Crippen LogP contribution in [-0.2, 0) is 11.2 Å². The molecule has 0 aliphatic rings. The van der Waals surface area contributed by atoms with Crippen molar-refractivity contribution in [2.45, 2.75) is 13.3 Å². The van der Waals surface area contributed by atoms with Crippen molar-refractivity contribution in [1.82, 2.24) is 10.1 Å². The molecule has 3 aromatic rings. The van der Waals surface area contributed by atoms with E-state index in [2.05, 4.69) is 15.5 Å². The van der Waals surface area contributed by atoms with Gasteiger partial charge < -0.3 is 9.84 Å². The summed E-state index contributed by atoms with van der Waals surface area (Å²) in [4.78, 5) is 16.4. The molecule has 5 nitrogen and oxygen atoms in total. The van der Waals surface area contributed by atoms with Gasteiger partial charge in [-0.15, -0.1) is 0 Å². The van der Waals surface area contributed by atoms with Crippen LogP contribution in [0.4, 0.5) is 5.69 Å². The van der Waals surface area contributed by atoms with Gasteiger partial charge in [-0.05, 0) is 36.8 Å². The summed E-state index contributed by atoms with van der Waals surface area (Å²) in [6.07, 6.45) is -0.0140. The summed E-state index contributed by atoms with van der Waals surface area (Å²) in [5, 5.41) is 7.71. The van der Waals surface area contributed by atoms with Crippen LogP contribution in [0.15, 0.2) is 47.0 Å². The van der Waals surface area contributed by atoms with Crippen LogP contribution in [-0.4, -0.2) is 16.0 Å². The Morgan fingerprint density at radius 2 is 1.88 bits per heavy atom. The second-order valence-corrected chi connectivity index (χ2v) is 5.95. The number of amides is 1. The number of halogens is 2. The summed E-state index contributed by atoms with van der Waals surface area (Å²) in [6, 6.07) is 12.5. The van der Waals surface area contributed by atoms with E-state index in [1.807, 2.05) is 19.1 Å². The van der Waals surface area contributed by atoms with Crippen molar-refractivity contribution in [2.24, 2.45) is 0 Å². The number of anilines is 1. The van der Waals surface area contributed by atoms with Gasteiger partial charge >= 0.3 is 0 Å². The summed E-state index contributed by atoms with van der Waals surface area (Å²) in [5.74, 6) is 0.302. The highest BCUT2D eigenvalue weighted by atomic mass is 35.5. The van der Waals surface area contributed by atoms with Gasteiger partial charge in [0.05, 0.1) is 17.0 Å². The Morgan fingerprint density at radius 3 is 2.67 bits per heavy atom. The highest BCUT2D eigenvalue weighted by Gasteiger charge is 2.15. The van der Waals surface area contributed by atoms with E-state index in [1.54, 1.807) is 30.3 Å². The zero-order valence-electron chi connectivity index (χ0n) is 12.7. The van der Waals surface area contributed by atoms with Crippen molar-refractivity contribution in [1.29, 1.82) is 0 Å². The molecule has 1 amide bonds. The Hall–Kier alpha value is -2.37. The van der Waals surface area contributed by atoms with Crippen LogP contribution in [0.1, 0.15) is 11.4 Å². The third-order valence-electron chi connectivity index (χ3n) is 3.43. The van der Waals surface area contributed by atoms with Crippen molar-refractivity contribution in [2.75, 3.05) is 5.32 Å². The molecule has 3 rings (SSSR count). The van der Waals surface area contributed by atoms with Crippen LogP contribution in [0.2, 0.25) is 10.0 Å². The van der Waals surface area contributed by atoms with Gasteiger partial charge in [0, 0.05) is 10.7 Å². The van der Waals surface area contributed by atoms with E-state index in [-0.39, 0.29) is 24.0 Å². The molecule has 0 fully saturated rings. The van der Waals surface area contributed by atoms with Gasteiger partial charge in [0.2, 0.25) is 5.91 Å². The van der Waals surface area contributed by atoms with Gasteiger partial charge in [0.25, 0.3) is 5.89 Å². The molecule has 1 aromatic heterocycles. The van der Waals surface area contributed by atoms with Gasteiger partial charge in [-0.25, -0.2) is 0 Å². The quantitative estimate of drug-likeness (QED) is 0.740. The van der Waals surface area contributed by atoms with Gasteiger partial charge in [0.15, 0.2) is 5.82 Å².